The molecule has 1 aliphatic heterocycles. The third-order valence-corrected chi connectivity index (χ3v) is 6.14. The van der Waals surface area contributed by atoms with E-state index in [9.17, 15) is 0 Å². The van der Waals surface area contributed by atoms with Crippen molar-refractivity contribution in [3.05, 3.63) is 54.9 Å². The Morgan fingerprint density at radius 3 is 2.14 bits per heavy atom. The highest BCUT2D eigenvalue weighted by Gasteiger charge is 2.43. The predicted octanol–water partition coefficient (Wildman–Crippen LogP) is 5.90. The van der Waals surface area contributed by atoms with E-state index in [-0.39, 0.29) is 0 Å². The molecule has 1 aromatic carbocycles. The smallest absolute Gasteiger partial charge is 0.222 e. The molecule has 0 amide bonds. The Morgan fingerprint density at radius 1 is 1.00 bits per heavy atom. The van der Waals surface area contributed by atoms with Crippen molar-refractivity contribution < 1.29 is 9.47 Å². The zero-order chi connectivity index (χ0) is 15.9. The molecule has 0 radical (unpaired) electrons. The van der Waals surface area contributed by atoms with Gasteiger partial charge in [0.25, 0.3) is 0 Å². The summed E-state index contributed by atoms with van der Waals surface area (Å²) in [5.41, 5.74) is 2.06. The summed E-state index contributed by atoms with van der Waals surface area (Å²) < 4.78 is 15.4. The van der Waals surface area contributed by atoms with Crippen molar-refractivity contribution in [1.82, 2.24) is 0 Å². The summed E-state index contributed by atoms with van der Waals surface area (Å²) in [6, 6.07) is 6.13. The molecular formula is C17H17Br3O2. The summed E-state index contributed by atoms with van der Waals surface area (Å²) in [6.45, 7) is 5.63. The van der Waals surface area contributed by atoms with Gasteiger partial charge < -0.3 is 9.47 Å². The average molecular weight is 493 g/mol. The van der Waals surface area contributed by atoms with Gasteiger partial charge in [-0.15, -0.1) is 0 Å². The minimum Gasteiger partial charge on any atom is -0.340 e. The van der Waals surface area contributed by atoms with Crippen LogP contribution in [0.15, 0.2) is 49.4 Å². The maximum Gasteiger partial charge on any atom is 0.222 e. The molecule has 22 heavy (non-hydrogen) atoms. The van der Waals surface area contributed by atoms with Crippen LogP contribution in [-0.4, -0.2) is 13.2 Å². The number of allylic oxidation sites excluding steroid dienone is 2. The summed E-state index contributed by atoms with van der Waals surface area (Å²) in [7, 11) is 0. The molecule has 0 spiro atoms. The molecule has 0 aromatic heterocycles. The first-order valence-electron chi connectivity index (χ1n) is 7.26. The van der Waals surface area contributed by atoms with Crippen molar-refractivity contribution in [1.29, 1.82) is 0 Å². The first-order valence-corrected chi connectivity index (χ1v) is 9.64. The van der Waals surface area contributed by atoms with Crippen molar-refractivity contribution in [3.63, 3.8) is 0 Å². The van der Waals surface area contributed by atoms with E-state index in [1.54, 1.807) is 0 Å². The second-order valence-corrected chi connectivity index (χ2v) is 8.52. The lowest BCUT2D eigenvalue weighted by Crippen LogP contribution is -2.31. The fourth-order valence-corrected chi connectivity index (χ4v) is 4.83. The Morgan fingerprint density at radius 2 is 1.59 bits per heavy atom. The Hall–Kier alpha value is 0.0600. The molecule has 1 aromatic rings. The van der Waals surface area contributed by atoms with Crippen molar-refractivity contribution in [2.75, 3.05) is 13.2 Å². The molecule has 0 N–H and O–H groups in total. The van der Waals surface area contributed by atoms with Gasteiger partial charge in [0.15, 0.2) is 0 Å². The van der Waals surface area contributed by atoms with Crippen LogP contribution in [0.2, 0.25) is 0 Å². The second-order valence-electron chi connectivity index (χ2n) is 5.77. The summed E-state index contributed by atoms with van der Waals surface area (Å²) in [5, 5.41) is 0. The molecular weight excluding hydrogens is 476 g/mol. The zero-order valence-corrected chi connectivity index (χ0v) is 17.2. The highest BCUT2D eigenvalue weighted by molar-refractivity contribution is 9.11. The van der Waals surface area contributed by atoms with Gasteiger partial charge in [-0.2, -0.15) is 0 Å². The van der Waals surface area contributed by atoms with Crippen molar-refractivity contribution in [2.45, 2.75) is 19.6 Å². The van der Waals surface area contributed by atoms with Crippen molar-refractivity contribution >= 4 is 47.8 Å². The number of halogens is 3. The van der Waals surface area contributed by atoms with Crippen LogP contribution in [0.3, 0.4) is 0 Å². The molecule has 118 valence electrons. The fraction of sp³-hybridized carbons (Fsp3) is 0.412. The first-order chi connectivity index (χ1) is 10.4. The number of hydrogen-bond acceptors (Lipinski definition) is 2. The van der Waals surface area contributed by atoms with Crippen LogP contribution in [0.25, 0.3) is 0 Å². The van der Waals surface area contributed by atoms with Gasteiger partial charge in [-0.25, -0.2) is 0 Å². The minimum absolute atomic E-state index is 0.426. The van der Waals surface area contributed by atoms with E-state index in [2.05, 4.69) is 85.9 Å². The van der Waals surface area contributed by atoms with Gasteiger partial charge in [0.1, 0.15) is 0 Å². The Kier molecular flexibility index (Phi) is 5.01. The van der Waals surface area contributed by atoms with Crippen LogP contribution in [0.1, 0.15) is 19.4 Å². The van der Waals surface area contributed by atoms with Crippen LogP contribution in [0.4, 0.5) is 0 Å². The topological polar surface area (TPSA) is 18.5 Å². The van der Waals surface area contributed by atoms with E-state index in [1.807, 2.05) is 6.07 Å². The molecule has 1 saturated heterocycles. The molecule has 3 rings (SSSR count). The monoisotopic (exact) mass is 490 g/mol. The number of benzene rings is 1. The normalized spacial score (nSPS) is 27.5. The molecule has 5 heteroatoms. The number of hydrogen-bond donors (Lipinski definition) is 0. The highest BCUT2D eigenvalue weighted by atomic mass is 79.9. The first kappa shape index (κ1) is 16.9. The molecule has 1 fully saturated rings. The largest absolute Gasteiger partial charge is 0.340 e. The van der Waals surface area contributed by atoms with Gasteiger partial charge in [0.2, 0.25) is 5.79 Å². The van der Waals surface area contributed by atoms with Gasteiger partial charge >= 0.3 is 0 Å². The molecule has 1 heterocycles. The Balaban J connectivity index is 2.12. The lowest BCUT2D eigenvalue weighted by Gasteiger charge is -2.34. The average Bonchev–Trinajstić information content (AvgIpc) is 2.94. The van der Waals surface area contributed by atoms with Gasteiger partial charge in [-0.3, -0.25) is 0 Å². The summed E-state index contributed by atoms with van der Waals surface area (Å²) >= 11 is 10.8. The van der Waals surface area contributed by atoms with Gasteiger partial charge in [-0.05, 0) is 40.6 Å². The fourth-order valence-electron chi connectivity index (χ4n) is 2.87. The maximum atomic E-state index is 6.11. The van der Waals surface area contributed by atoms with Crippen molar-refractivity contribution in [2.24, 2.45) is 11.8 Å². The SMILES string of the molecule is CC1C=C(C2(c3cc(Br)cc(Br)c3)OCCO2)C=C(Br)C1C. The predicted molar refractivity (Wildman–Crippen MR) is 98.8 cm³/mol. The van der Waals surface area contributed by atoms with Gasteiger partial charge in [-0.1, -0.05) is 67.7 Å². The minimum atomic E-state index is -0.820. The van der Waals surface area contributed by atoms with Crippen LogP contribution < -0.4 is 0 Å². The maximum absolute atomic E-state index is 6.11. The van der Waals surface area contributed by atoms with Crippen LogP contribution >= 0.6 is 47.8 Å². The third kappa shape index (κ3) is 3.03. The van der Waals surface area contributed by atoms with E-state index in [0.717, 1.165) is 20.1 Å². The quantitative estimate of drug-likeness (QED) is 0.511. The van der Waals surface area contributed by atoms with Crippen molar-refractivity contribution in [3.8, 4) is 0 Å². The lowest BCUT2D eigenvalue weighted by atomic mass is 9.84. The lowest BCUT2D eigenvalue weighted by molar-refractivity contribution is -0.131. The Bertz CT molecular complexity index is 625. The van der Waals surface area contributed by atoms with E-state index in [0.29, 0.717) is 25.0 Å². The van der Waals surface area contributed by atoms with Crippen LogP contribution in [-0.2, 0) is 15.3 Å². The van der Waals surface area contributed by atoms with E-state index >= 15 is 0 Å². The summed E-state index contributed by atoms with van der Waals surface area (Å²) in [5.74, 6) is 0.0748. The van der Waals surface area contributed by atoms with Crippen LogP contribution in [0, 0.1) is 11.8 Å². The third-order valence-electron chi connectivity index (χ3n) is 4.28. The number of ether oxygens (including phenoxy) is 2. The summed E-state index contributed by atoms with van der Waals surface area (Å²) in [4.78, 5) is 0. The standard InChI is InChI=1S/C17H17Br3O2/c1-10-5-12(8-16(20)11(10)2)17(21-3-4-22-17)13-6-14(18)9-15(19)7-13/h5-11H,3-4H2,1-2H3. The second kappa shape index (κ2) is 6.52. The molecule has 0 saturated carbocycles. The molecule has 2 nitrogen and oxygen atoms in total. The van der Waals surface area contributed by atoms with E-state index < -0.39 is 5.79 Å². The van der Waals surface area contributed by atoms with Gasteiger partial charge in [0, 0.05) is 20.1 Å². The van der Waals surface area contributed by atoms with E-state index in [1.165, 1.54) is 4.48 Å². The summed E-state index contributed by atoms with van der Waals surface area (Å²) in [6.07, 6.45) is 4.40. The molecule has 2 unspecified atom stereocenters. The Labute approximate surface area is 156 Å². The van der Waals surface area contributed by atoms with Crippen LogP contribution in [0.5, 0.6) is 0 Å². The molecule has 1 aliphatic carbocycles. The highest BCUT2D eigenvalue weighted by Crippen LogP contribution is 2.45. The zero-order valence-electron chi connectivity index (χ0n) is 12.4. The van der Waals surface area contributed by atoms with Gasteiger partial charge in [0.05, 0.1) is 13.2 Å². The molecule has 2 aliphatic rings. The van der Waals surface area contributed by atoms with E-state index in [4.69, 9.17) is 9.47 Å². The molecule has 0 bridgehead atoms. The molecule has 2 atom stereocenters. The number of rotatable bonds is 2.